The van der Waals surface area contributed by atoms with Gasteiger partial charge in [-0.3, -0.25) is 58.0 Å². The van der Waals surface area contributed by atoms with Gasteiger partial charge in [-0.15, -0.1) is 0 Å². The second-order valence-corrected chi connectivity index (χ2v) is 23.6. The average molecular weight is 1280 g/mol. The molecule has 6 aliphatic heterocycles. The molecule has 0 unspecified atom stereocenters. The van der Waals surface area contributed by atoms with Gasteiger partial charge in [-0.25, -0.2) is 9.97 Å². The van der Waals surface area contributed by atoms with Crippen LogP contribution in [-0.2, 0) is 0 Å². The zero-order valence-corrected chi connectivity index (χ0v) is 51.5. The molecule has 6 aliphatic rings. The smallest absolute Gasteiger partial charge is 0.261 e. The van der Waals surface area contributed by atoms with Gasteiger partial charge in [0.05, 0.1) is 93.7 Å². The Kier molecular flexibility index (Phi) is 15.8. The number of rotatable bonds is 22. The second kappa shape index (κ2) is 25.3. The van der Waals surface area contributed by atoms with Gasteiger partial charge in [0.15, 0.2) is 0 Å². The van der Waals surface area contributed by atoms with Crippen LogP contribution in [0, 0.1) is 0 Å². The van der Waals surface area contributed by atoms with Gasteiger partial charge < -0.3 is 28.9 Å². The van der Waals surface area contributed by atoms with Gasteiger partial charge in [-0.1, -0.05) is 48.5 Å². The van der Waals surface area contributed by atoms with Crippen molar-refractivity contribution < 1.29 is 57.3 Å². The van der Waals surface area contributed by atoms with Gasteiger partial charge in [-0.05, 0) is 170 Å². The van der Waals surface area contributed by atoms with E-state index in [2.05, 4.69) is 9.97 Å². The Morgan fingerprint density at radius 3 is 0.823 bits per heavy atom. The molecule has 0 atom stereocenters. The lowest BCUT2D eigenvalue weighted by atomic mass is 10.0. The minimum Gasteiger partial charge on any atom is -0.493 e. The maximum Gasteiger partial charge on any atom is 0.261 e. The highest BCUT2D eigenvalue weighted by atomic mass is 16.5. The molecule has 15 rings (SSSR count). The van der Waals surface area contributed by atoms with Crippen molar-refractivity contribution in [2.45, 2.75) is 25.7 Å². The largest absolute Gasteiger partial charge is 0.493 e. The fourth-order valence-electron chi connectivity index (χ4n) is 12.9. The Balaban J connectivity index is 0.742. The van der Waals surface area contributed by atoms with Gasteiger partial charge in [-0.2, -0.15) is 0 Å². The number of fused-ring (bicyclic) bond motifs is 12. The molecule has 6 aromatic carbocycles. The highest BCUT2D eigenvalue weighted by Crippen LogP contribution is 2.39. The molecule has 9 aromatic rings. The van der Waals surface area contributed by atoms with Crippen molar-refractivity contribution in [3.8, 4) is 45.3 Å². The summed E-state index contributed by atoms with van der Waals surface area (Å²) in [5.74, 6) is -1.01. The van der Waals surface area contributed by atoms with Crippen LogP contribution in [0.15, 0.2) is 170 Å². The summed E-state index contributed by atoms with van der Waals surface area (Å²) in [5, 5.41) is 0. The third-order valence-corrected chi connectivity index (χ3v) is 17.4. The lowest BCUT2D eigenvalue weighted by Gasteiger charge is -2.16. The minimum atomic E-state index is -0.347. The molecule has 474 valence electrons. The number of carbonyl (C=O) groups is 8. The number of ether oxygens (including phenoxy) is 4. The van der Waals surface area contributed by atoms with Gasteiger partial charge in [0.1, 0.15) is 23.0 Å². The van der Waals surface area contributed by atoms with E-state index in [0.717, 1.165) is 11.0 Å². The fraction of sp³-hybridized carbons (Fsp3) is 0.158. The maximum absolute atomic E-state index is 13.2. The molecule has 0 aliphatic carbocycles. The third kappa shape index (κ3) is 11.4. The number of H-pyrrole nitrogens is 2. The van der Waals surface area contributed by atoms with Crippen LogP contribution in [0.3, 0.4) is 0 Å². The van der Waals surface area contributed by atoms with E-state index >= 15 is 0 Å². The van der Waals surface area contributed by atoms with Gasteiger partial charge in [0.2, 0.25) is 0 Å². The van der Waals surface area contributed by atoms with E-state index in [1.807, 2.05) is 85.0 Å². The lowest BCUT2D eigenvalue weighted by molar-refractivity contribution is 0.0630. The number of carbonyl (C=O) groups excluding carboxylic acids is 8. The van der Waals surface area contributed by atoms with Crippen LogP contribution in [0.4, 0.5) is 0 Å². The average Bonchev–Trinajstić information content (AvgIpc) is 1.62. The van der Waals surface area contributed by atoms with Gasteiger partial charge in [0, 0.05) is 71.5 Å². The molecule has 20 heteroatoms. The van der Waals surface area contributed by atoms with Crippen LogP contribution in [0.25, 0.3) is 68.6 Å². The zero-order chi connectivity index (χ0) is 65.6. The molecular formula is C76H58N8O12. The number of hydrogen-bond acceptors (Lipinski definition) is 14. The van der Waals surface area contributed by atoms with Crippen molar-refractivity contribution in [3.05, 3.63) is 237 Å². The molecule has 8 amide bonds. The number of imide groups is 4. The first-order valence-electron chi connectivity index (χ1n) is 31.6. The standard InChI is InChI=1S/C76H58N8O12/c85-69-55-13-1-2-14-56(55)70(86)81(69)29-9-33-93-51-37-45(38-52(43-51)94-34-10-30-82-71(87)57-15-3-4-16-58(57)72(82)88)67-63-25-21-47(77-63)41-49-23-27-65(79-49)68(66-28-24-50(80-66)42-48-22-26-64(67)78-48)46-39-53(95-35-11-31-83-73(89)59-17-5-6-18-60(59)74(83)90)44-54(40-46)96-36-12-32-84-75(91)61-19-7-8-20-62(61)76(84)92/h1-8,13-28,37-44,77,80H,9-12,29-36H2. The maximum atomic E-state index is 13.2. The molecule has 20 nitrogen and oxygen atoms in total. The fourth-order valence-corrected chi connectivity index (χ4v) is 12.9. The Morgan fingerprint density at radius 1 is 0.302 bits per heavy atom. The van der Waals surface area contributed by atoms with Crippen LogP contribution in [0.5, 0.6) is 23.0 Å². The zero-order valence-electron chi connectivity index (χ0n) is 51.5. The topological polar surface area (TPSA) is 244 Å². The Labute approximate surface area is 548 Å². The molecular weight excluding hydrogens is 1220 g/mol. The van der Waals surface area contributed by atoms with Gasteiger partial charge >= 0.3 is 0 Å². The van der Waals surface area contributed by atoms with Crippen LogP contribution < -0.4 is 18.9 Å². The van der Waals surface area contributed by atoms with Crippen molar-refractivity contribution in [3.63, 3.8) is 0 Å². The summed E-state index contributed by atoms with van der Waals surface area (Å²) in [5.41, 5.74) is 11.1. The summed E-state index contributed by atoms with van der Waals surface area (Å²) in [7, 11) is 0. The molecule has 3 aromatic heterocycles. The lowest BCUT2D eigenvalue weighted by Crippen LogP contribution is -2.31. The molecule has 96 heavy (non-hydrogen) atoms. The normalized spacial score (nSPS) is 14.3. The van der Waals surface area contributed by atoms with Crippen LogP contribution in [-0.4, -0.2) is 139 Å². The summed E-state index contributed by atoms with van der Waals surface area (Å²) in [6.45, 7) is 1.15. The summed E-state index contributed by atoms with van der Waals surface area (Å²) in [6, 6.07) is 49.8. The van der Waals surface area contributed by atoms with E-state index in [-0.39, 0.29) is 99.9 Å². The van der Waals surface area contributed by atoms with Crippen molar-refractivity contribution in [2.75, 3.05) is 52.6 Å². The molecule has 0 saturated heterocycles. The predicted octanol–water partition coefficient (Wildman–Crippen LogP) is 12.2. The predicted molar refractivity (Wildman–Crippen MR) is 357 cm³/mol. The molecule has 2 N–H and O–H groups in total. The monoisotopic (exact) mass is 1270 g/mol. The number of aromatic amines is 2. The second-order valence-electron chi connectivity index (χ2n) is 23.6. The van der Waals surface area contributed by atoms with E-state index in [1.165, 1.54) is 19.6 Å². The van der Waals surface area contributed by atoms with E-state index < -0.39 is 0 Å². The van der Waals surface area contributed by atoms with Crippen molar-refractivity contribution in [1.29, 1.82) is 0 Å². The van der Waals surface area contributed by atoms with Crippen molar-refractivity contribution in [2.24, 2.45) is 0 Å². The summed E-state index contributed by atoms with van der Waals surface area (Å²) in [6.07, 6.45) is 9.06. The molecule has 8 bridgehead atoms. The van der Waals surface area contributed by atoms with Crippen LogP contribution in [0.1, 0.15) is 131 Å². The van der Waals surface area contributed by atoms with Crippen LogP contribution in [0.2, 0.25) is 0 Å². The molecule has 0 spiro atoms. The van der Waals surface area contributed by atoms with Gasteiger partial charge in [0.25, 0.3) is 47.3 Å². The first-order valence-corrected chi connectivity index (χ1v) is 31.6. The first-order chi connectivity index (χ1) is 46.9. The number of aromatic nitrogens is 4. The number of hydrogen-bond donors (Lipinski definition) is 2. The third-order valence-electron chi connectivity index (χ3n) is 17.4. The summed E-state index contributed by atoms with van der Waals surface area (Å²) < 4.78 is 25.8. The number of amides is 8. The van der Waals surface area contributed by atoms with E-state index in [1.54, 1.807) is 109 Å². The highest BCUT2D eigenvalue weighted by molar-refractivity contribution is 6.23. The number of nitrogens with zero attached hydrogens (tertiary/aromatic N) is 6. The van der Waals surface area contributed by atoms with Crippen molar-refractivity contribution in [1.82, 2.24) is 39.5 Å². The van der Waals surface area contributed by atoms with E-state index in [9.17, 15) is 38.4 Å². The molecule has 0 saturated carbocycles. The molecule has 0 radical (unpaired) electrons. The SMILES string of the molecule is O=C1c2ccccc2C(=O)N1CCCOc1cc(OCCCN2C(=O)c3ccccc3C2=O)cc(-c2c3nc(cc4ccc([nH]4)c(-c4cc(OCCCN5C(=O)c6ccccc6C5=O)cc(OCCCN5C(=O)c6ccccc6C5=O)c4)c4nc(cc5ccc2[nH]5)C=C4)C=C3)c1. The molecule has 9 heterocycles. The Morgan fingerprint density at radius 2 is 0.562 bits per heavy atom. The summed E-state index contributed by atoms with van der Waals surface area (Å²) in [4.78, 5) is 128. The Hall–Kier alpha value is -12.3. The summed E-state index contributed by atoms with van der Waals surface area (Å²) >= 11 is 0. The van der Waals surface area contributed by atoms with Crippen molar-refractivity contribution >= 4 is 93.6 Å². The number of nitrogens with one attached hydrogen (secondary N) is 2. The van der Waals surface area contributed by atoms with E-state index in [0.29, 0.717) is 149 Å². The molecule has 0 fully saturated rings. The quantitative estimate of drug-likeness (QED) is 0.0474. The van der Waals surface area contributed by atoms with Crippen LogP contribution >= 0.6 is 0 Å². The minimum absolute atomic E-state index is 0.141. The highest BCUT2D eigenvalue weighted by Gasteiger charge is 2.38. The first kappa shape index (κ1) is 60.0. The number of benzene rings is 6. The Bertz CT molecular complexity index is 4390. The van der Waals surface area contributed by atoms with E-state index in [4.69, 9.17) is 28.9 Å².